The second-order valence-corrected chi connectivity index (χ2v) is 4.85. The van der Waals surface area contributed by atoms with Crippen molar-refractivity contribution in [2.45, 2.75) is 32.5 Å². The molecule has 0 N–H and O–H groups in total. The van der Waals surface area contributed by atoms with E-state index < -0.39 is 0 Å². The standard InChI is InChI=1S/C15H19FO4/c1-3-18-14-8-13(14)15(17)20-10(2)9-19-12-6-4-5-11(16)7-12/h4-7,10,13-14H,3,8-9H2,1-2H3. The van der Waals surface area contributed by atoms with Gasteiger partial charge in [0.05, 0.1) is 12.0 Å². The Hall–Kier alpha value is -1.62. The van der Waals surface area contributed by atoms with Gasteiger partial charge in [0.25, 0.3) is 0 Å². The smallest absolute Gasteiger partial charge is 0.312 e. The Balaban J connectivity index is 1.70. The first-order valence-electron chi connectivity index (χ1n) is 6.80. The summed E-state index contributed by atoms with van der Waals surface area (Å²) in [5.41, 5.74) is 0. The molecule has 0 radical (unpaired) electrons. The third-order valence-corrected chi connectivity index (χ3v) is 3.01. The van der Waals surface area contributed by atoms with Crippen molar-refractivity contribution in [1.82, 2.24) is 0 Å². The zero-order valence-electron chi connectivity index (χ0n) is 11.7. The van der Waals surface area contributed by atoms with Crippen molar-refractivity contribution >= 4 is 5.97 Å². The Bertz CT molecular complexity index is 463. The van der Waals surface area contributed by atoms with Crippen molar-refractivity contribution in [2.24, 2.45) is 5.92 Å². The van der Waals surface area contributed by atoms with Crippen LogP contribution in [0.2, 0.25) is 0 Å². The highest BCUT2D eigenvalue weighted by molar-refractivity contribution is 5.76. The Labute approximate surface area is 117 Å². The Morgan fingerprint density at radius 3 is 3.00 bits per heavy atom. The molecule has 4 nitrogen and oxygen atoms in total. The molecule has 5 heteroatoms. The van der Waals surface area contributed by atoms with E-state index in [1.165, 1.54) is 12.1 Å². The normalized spacial score (nSPS) is 22.1. The third-order valence-electron chi connectivity index (χ3n) is 3.01. The molecule has 1 aromatic rings. The van der Waals surface area contributed by atoms with Crippen LogP contribution >= 0.6 is 0 Å². The molecule has 1 saturated carbocycles. The van der Waals surface area contributed by atoms with Crippen LogP contribution in [0.5, 0.6) is 5.75 Å². The zero-order chi connectivity index (χ0) is 14.5. The van der Waals surface area contributed by atoms with Gasteiger partial charge in [-0.15, -0.1) is 0 Å². The van der Waals surface area contributed by atoms with Gasteiger partial charge in [0, 0.05) is 12.7 Å². The van der Waals surface area contributed by atoms with Crippen LogP contribution in [0.15, 0.2) is 24.3 Å². The number of hydrogen-bond donors (Lipinski definition) is 0. The van der Waals surface area contributed by atoms with Gasteiger partial charge in [0.1, 0.15) is 24.3 Å². The van der Waals surface area contributed by atoms with E-state index in [0.29, 0.717) is 12.4 Å². The molecule has 2 rings (SSSR count). The Morgan fingerprint density at radius 1 is 1.50 bits per heavy atom. The van der Waals surface area contributed by atoms with Crippen LogP contribution in [0.1, 0.15) is 20.3 Å². The average Bonchev–Trinajstić information content (AvgIpc) is 3.16. The van der Waals surface area contributed by atoms with E-state index >= 15 is 0 Å². The zero-order valence-corrected chi connectivity index (χ0v) is 11.7. The predicted molar refractivity (Wildman–Crippen MR) is 71.0 cm³/mol. The second kappa shape index (κ2) is 6.70. The molecule has 1 aromatic carbocycles. The SMILES string of the molecule is CCOC1CC1C(=O)OC(C)COc1cccc(F)c1. The molecule has 0 spiro atoms. The van der Waals surface area contributed by atoms with Gasteiger partial charge in [-0.3, -0.25) is 4.79 Å². The van der Waals surface area contributed by atoms with Gasteiger partial charge in [0.15, 0.2) is 0 Å². The summed E-state index contributed by atoms with van der Waals surface area (Å²) < 4.78 is 28.9. The number of rotatable bonds is 7. The molecule has 0 amide bonds. The fraction of sp³-hybridized carbons (Fsp3) is 0.533. The average molecular weight is 282 g/mol. The molecule has 0 aromatic heterocycles. The van der Waals surface area contributed by atoms with Gasteiger partial charge in [-0.25, -0.2) is 4.39 Å². The molecule has 20 heavy (non-hydrogen) atoms. The minimum Gasteiger partial charge on any atom is -0.490 e. The second-order valence-electron chi connectivity index (χ2n) is 4.85. The lowest BCUT2D eigenvalue weighted by atomic mass is 10.3. The van der Waals surface area contributed by atoms with Gasteiger partial charge < -0.3 is 14.2 Å². The predicted octanol–water partition coefficient (Wildman–Crippen LogP) is 2.56. The molecule has 0 heterocycles. The Kier molecular flexibility index (Phi) is 4.95. The van der Waals surface area contributed by atoms with Gasteiger partial charge >= 0.3 is 5.97 Å². The highest BCUT2D eigenvalue weighted by Crippen LogP contribution is 2.35. The molecule has 3 atom stereocenters. The first kappa shape index (κ1) is 14.8. The van der Waals surface area contributed by atoms with E-state index in [1.807, 2.05) is 6.92 Å². The first-order chi connectivity index (χ1) is 9.60. The largest absolute Gasteiger partial charge is 0.490 e. The number of benzene rings is 1. The van der Waals surface area contributed by atoms with Crippen molar-refractivity contribution in [3.63, 3.8) is 0 Å². The highest BCUT2D eigenvalue weighted by atomic mass is 19.1. The monoisotopic (exact) mass is 282 g/mol. The molecule has 0 aliphatic heterocycles. The first-order valence-corrected chi connectivity index (χ1v) is 6.80. The summed E-state index contributed by atoms with van der Waals surface area (Å²) in [5.74, 6) is -0.332. The van der Waals surface area contributed by atoms with Crippen molar-refractivity contribution in [2.75, 3.05) is 13.2 Å². The van der Waals surface area contributed by atoms with Gasteiger partial charge in [-0.2, -0.15) is 0 Å². The molecule has 1 aliphatic rings. The van der Waals surface area contributed by atoms with Crippen LogP contribution in [0.3, 0.4) is 0 Å². The van der Waals surface area contributed by atoms with Gasteiger partial charge in [-0.05, 0) is 32.4 Å². The summed E-state index contributed by atoms with van der Waals surface area (Å²) in [6.07, 6.45) is 0.349. The highest BCUT2D eigenvalue weighted by Gasteiger charge is 2.45. The molecule has 1 aliphatic carbocycles. The minimum absolute atomic E-state index is 0.00355. The summed E-state index contributed by atoms with van der Waals surface area (Å²) in [5, 5.41) is 0. The topological polar surface area (TPSA) is 44.8 Å². The molecular formula is C15H19FO4. The maximum Gasteiger partial charge on any atom is 0.312 e. The molecule has 0 saturated heterocycles. The number of hydrogen-bond acceptors (Lipinski definition) is 4. The lowest BCUT2D eigenvalue weighted by Crippen LogP contribution is -2.23. The van der Waals surface area contributed by atoms with Crippen LogP contribution in [0.4, 0.5) is 4.39 Å². The van der Waals surface area contributed by atoms with E-state index in [9.17, 15) is 9.18 Å². The maximum absolute atomic E-state index is 13.0. The van der Waals surface area contributed by atoms with Crippen LogP contribution in [0, 0.1) is 11.7 Å². The van der Waals surface area contributed by atoms with Crippen LogP contribution in [-0.2, 0) is 14.3 Å². The summed E-state index contributed by atoms with van der Waals surface area (Å²) in [4.78, 5) is 11.7. The lowest BCUT2D eigenvalue weighted by Gasteiger charge is -2.14. The van der Waals surface area contributed by atoms with Crippen LogP contribution < -0.4 is 4.74 Å². The van der Waals surface area contributed by atoms with Gasteiger partial charge in [-0.1, -0.05) is 6.07 Å². The van der Waals surface area contributed by atoms with Crippen LogP contribution in [-0.4, -0.2) is 31.4 Å². The fourth-order valence-electron chi connectivity index (χ4n) is 1.91. The maximum atomic E-state index is 13.0. The fourth-order valence-corrected chi connectivity index (χ4v) is 1.91. The molecule has 1 fully saturated rings. The third kappa shape index (κ3) is 4.20. The number of halogens is 1. The number of ether oxygens (including phenoxy) is 3. The van der Waals surface area contributed by atoms with E-state index in [1.54, 1.807) is 19.1 Å². The van der Waals surface area contributed by atoms with E-state index in [4.69, 9.17) is 14.2 Å². The van der Waals surface area contributed by atoms with Gasteiger partial charge in [0.2, 0.25) is 0 Å². The minimum atomic E-state index is -0.381. The quantitative estimate of drug-likeness (QED) is 0.721. The van der Waals surface area contributed by atoms with E-state index in [0.717, 1.165) is 6.42 Å². The number of esters is 1. The molecule has 3 unspecified atom stereocenters. The molecular weight excluding hydrogens is 263 g/mol. The summed E-state index contributed by atoms with van der Waals surface area (Å²) >= 11 is 0. The van der Waals surface area contributed by atoms with Crippen molar-refractivity contribution in [3.8, 4) is 5.75 Å². The summed E-state index contributed by atoms with van der Waals surface area (Å²) in [6.45, 7) is 4.44. The van der Waals surface area contributed by atoms with Crippen LogP contribution in [0.25, 0.3) is 0 Å². The Morgan fingerprint density at radius 2 is 2.30 bits per heavy atom. The summed E-state index contributed by atoms with van der Waals surface area (Å²) in [6, 6.07) is 5.86. The van der Waals surface area contributed by atoms with Crippen molar-refractivity contribution in [1.29, 1.82) is 0 Å². The number of carbonyl (C=O) groups excluding carboxylic acids is 1. The van der Waals surface area contributed by atoms with Crippen molar-refractivity contribution < 1.29 is 23.4 Å². The lowest BCUT2D eigenvalue weighted by molar-refractivity contribution is -0.152. The van der Waals surface area contributed by atoms with E-state index in [2.05, 4.69) is 0 Å². The summed E-state index contributed by atoms with van der Waals surface area (Å²) in [7, 11) is 0. The van der Waals surface area contributed by atoms with E-state index in [-0.39, 0.29) is 36.5 Å². The van der Waals surface area contributed by atoms with Crippen molar-refractivity contribution in [3.05, 3.63) is 30.1 Å². The molecule has 0 bridgehead atoms. The molecule has 110 valence electrons. The number of carbonyl (C=O) groups is 1.